The lowest BCUT2D eigenvalue weighted by atomic mass is 10.1. The SMILES string of the molecule is CN=C(NCCc1cccc(Cl)c1)NC1CCN(C2CCCC2)C1.I. The minimum Gasteiger partial charge on any atom is -0.356 e. The number of nitrogens with one attached hydrogen (secondary N) is 2. The molecule has 3 rings (SSSR count). The molecule has 25 heavy (non-hydrogen) atoms. The molecule has 0 amide bonds. The smallest absolute Gasteiger partial charge is 0.191 e. The van der Waals surface area contributed by atoms with Crippen LogP contribution in [0.15, 0.2) is 29.3 Å². The average molecular weight is 477 g/mol. The molecule has 140 valence electrons. The molecule has 0 spiro atoms. The van der Waals surface area contributed by atoms with Gasteiger partial charge in [0.05, 0.1) is 0 Å². The van der Waals surface area contributed by atoms with Crippen molar-refractivity contribution in [3.63, 3.8) is 0 Å². The Morgan fingerprint density at radius 3 is 2.80 bits per heavy atom. The van der Waals surface area contributed by atoms with Gasteiger partial charge >= 0.3 is 0 Å². The van der Waals surface area contributed by atoms with Gasteiger partial charge in [0, 0.05) is 43.8 Å². The van der Waals surface area contributed by atoms with Crippen molar-refractivity contribution < 1.29 is 0 Å². The second-order valence-electron chi connectivity index (χ2n) is 6.94. The number of benzene rings is 1. The van der Waals surface area contributed by atoms with Crippen LogP contribution in [0.1, 0.15) is 37.7 Å². The first kappa shape index (κ1) is 20.8. The van der Waals surface area contributed by atoms with Crippen LogP contribution in [0.3, 0.4) is 0 Å². The Kier molecular flexibility index (Phi) is 8.79. The van der Waals surface area contributed by atoms with Gasteiger partial charge in [-0.05, 0) is 43.4 Å². The molecule has 4 nitrogen and oxygen atoms in total. The maximum atomic E-state index is 6.03. The van der Waals surface area contributed by atoms with Crippen LogP contribution < -0.4 is 10.6 Å². The highest BCUT2D eigenvalue weighted by Gasteiger charge is 2.30. The Morgan fingerprint density at radius 2 is 2.08 bits per heavy atom. The molecule has 0 aromatic heterocycles. The summed E-state index contributed by atoms with van der Waals surface area (Å²) in [5, 5.41) is 7.81. The van der Waals surface area contributed by atoms with Gasteiger partial charge in [-0.2, -0.15) is 0 Å². The van der Waals surface area contributed by atoms with Gasteiger partial charge < -0.3 is 10.6 Å². The van der Waals surface area contributed by atoms with E-state index >= 15 is 0 Å². The summed E-state index contributed by atoms with van der Waals surface area (Å²) in [5.41, 5.74) is 1.25. The van der Waals surface area contributed by atoms with E-state index in [2.05, 4.69) is 26.6 Å². The molecule has 2 aliphatic rings. The third-order valence-electron chi connectivity index (χ3n) is 5.22. The van der Waals surface area contributed by atoms with E-state index in [1.54, 1.807) is 0 Å². The Labute approximate surface area is 173 Å². The molecular formula is C19H30ClIN4. The number of halogens is 2. The molecule has 0 radical (unpaired) electrons. The summed E-state index contributed by atoms with van der Waals surface area (Å²) in [4.78, 5) is 7.04. The van der Waals surface area contributed by atoms with Crippen molar-refractivity contribution in [3.8, 4) is 0 Å². The fourth-order valence-corrected chi connectivity index (χ4v) is 4.12. The maximum absolute atomic E-state index is 6.03. The van der Waals surface area contributed by atoms with E-state index < -0.39 is 0 Å². The number of likely N-dealkylation sites (tertiary alicyclic amines) is 1. The summed E-state index contributed by atoms with van der Waals surface area (Å²) < 4.78 is 0. The fourth-order valence-electron chi connectivity index (χ4n) is 3.91. The van der Waals surface area contributed by atoms with E-state index in [9.17, 15) is 0 Å². The van der Waals surface area contributed by atoms with Crippen LogP contribution in [0.4, 0.5) is 0 Å². The number of guanidine groups is 1. The highest BCUT2D eigenvalue weighted by molar-refractivity contribution is 14.0. The molecular weight excluding hydrogens is 447 g/mol. The molecule has 1 saturated carbocycles. The molecule has 2 fully saturated rings. The van der Waals surface area contributed by atoms with Crippen LogP contribution in [0.2, 0.25) is 5.02 Å². The van der Waals surface area contributed by atoms with Crippen molar-refractivity contribution in [3.05, 3.63) is 34.9 Å². The quantitative estimate of drug-likeness (QED) is 0.387. The van der Waals surface area contributed by atoms with Crippen LogP contribution >= 0.6 is 35.6 Å². The molecule has 1 heterocycles. The van der Waals surface area contributed by atoms with Crippen molar-refractivity contribution in [1.29, 1.82) is 0 Å². The second-order valence-corrected chi connectivity index (χ2v) is 7.38. The van der Waals surface area contributed by atoms with Gasteiger partial charge in [0.2, 0.25) is 0 Å². The van der Waals surface area contributed by atoms with Gasteiger partial charge in [-0.25, -0.2) is 0 Å². The molecule has 1 saturated heterocycles. The topological polar surface area (TPSA) is 39.7 Å². The van der Waals surface area contributed by atoms with Crippen LogP contribution in [-0.4, -0.2) is 49.6 Å². The summed E-state index contributed by atoms with van der Waals surface area (Å²) in [6, 6.07) is 9.39. The van der Waals surface area contributed by atoms with Crippen molar-refractivity contribution in [2.24, 2.45) is 4.99 Å². The largest absolute Gasteiger partial charge is 0.356 e. The first-order valence-corrected chi connectivity index (χ1v) is 9.58. The lowest BCUT2D eigenvalue weighted by Crippen LogP contribution is -2.45. The van der Waals surface area contributed by atoms with Gasteiger partial charge in [0.1, 0.15) is 0 Å². The van der Waals surface area contributed by atoms with E-state index in [-0.39, 0.29) is 24.0 Å². The normalized spacial score (nSPS) is 22.0. The minimum absolute atomic E-state index is 0. The van der Waals surface area contributed by atoms with Gasteiger partial charge in [-0.1, -0.05) is 36.6 Å². The monoisotopic (exact) mass is 476 g/mol. The Bertz CT molecular complexity index is 560. The molecule has 2 N–H and O–H groups in total. The number of hydrogen-bond acceptors (Lipinski definition) is 2. The van der Waals surface area contributed by atoms with E-state index in [0.29, 0.717) is 6.04 Å². The molecule has 6 heteroatoms. The number of aliphatic imine (C=N–C) groups is 1. The van der Waals surface area contributed by atoms with Crippen molar-refractivity contribution in [2.75, 3.05) is 26.7 Å². The standard InChI is InChI=1S/C19H29ClN4.HI/c1-21-19(22-11-9-15-5-4-6-16(20)13-15)23-17-10-12-24(14-17)18-7-2-3-8-18;/h4-6,13,17-18H,2-3,7-12,14H2,1H3,(H2,21,22,23);1H. The van der Waals surface area contributed by atoms with Crippen molar-refractivity contribution in [2.45, 2.75) is 50.6 Å². The molecule has 1 atom stereocenters. The molecule has 1 aromatic carbocycles. The highest BCUT2D eigenvalue weighted by atomic mass is 127. The molecule has 0 bridgehead atoms. The van der Waals surface area contributed by atoms with E-state index in [1.807, 2.05) is 25.2 Å². The predicted octanol–water partition coefficient (Wildman–Crippen LogP) is 3.68. The Hall–Kier alpha value is -0.530. The van der Waals surface area contributed by atoms with Crippen LogP contribution in [0, 0.1) is 0 Å². The number of hydrogen-bond donors (Lipinski definition) is 2. The zero-order valence-electron chi connectivity index (χ0n) is 15.0. The Morgan fingerprint density at radius 1 is 1.28 bits per heavy atom. The molecule has 1 unspecified atom stereocenters. The first-order chi connectivity index (χ1) is 11.7. The van der Waals surface area contributed by atoms with Gasteiger partial charge in [-0.15, -0.1) is 24.0 Å². The zero-order valence-corrected chi connectivity index (χ0v) is 18.1. The van der Waals surface area contributed by atoms with E-state index in [4.69, 9.17) is 11.6 Å². The van der Waals surface area contributed by atoms with Crippen molar-refractivity contribution >= 4 is 41.5 Å². The summed E-state index contributed by atoms with van der Waals surface area (Å²) in [6.07, 6.45) is 7.75. The zero-order chi connectivity index (χ0) is 16.8. The molecule has 1 aliphatic carbocycles. The lowest BCUT2D eigenvalue weighted by molar-refractivity contribution is 0.242. The Balaban J connectivity index is 0.00000225. The minimum atomic E-state index is 0. The van der Waals surface area contributed by atoms with Crippen LogP contribution in [0.25, 0.3) is 0 Å². The summed E-state index contributed by atoms with van der Waals surface area (Å²) in [6.45, 7) is 3.24. The van der Waals surface area contributed by atoms with Crippen molar-refractivity contribution in [1.82, 2.24) is 15.5 Å². The molecule has 1 aliphatic heterocycles. The third-order valence-corrected chi connectivity index (χ3v) is 5.46. The first-order valence-electron chi connectivity index (χ1n) is 9.20. The number of nitrogens with zero attached hydrogens (tertiary/aromatic N) is 2. The van der Waals surface area contributed by atoms with Gasteiger partial charge in [-0.3, -0.25) is 9.89 Å². The molecule has 1 aromatic rings. The highest BCUT2D eigenvalue weighted by Crippen LogP contribution is 2.26. The van der Waals surface area contributed by atoms with E-state index in [0.717, 1.165) is 36.5 Å². The predicted molar refractivity (Wildman–Crippen MR) is 117 cm³/mol. The van der Waals surface area contributed by atoms with Crippen LogP contribution in [0.5, 0.6) is 0 Å². The summed E-state index contributed by atoms with van der Waals surface area (Å²) in [5.74, 6) is 0.912. The third kappa shape index (κ3) is 6.29. The fraction of sp³-hybridized carbons (Fsp3) is 0.632. The maximum Gasteiger partial charge on any atom is 0.191 e. The average Bonchev–Trinajstić information content (AvgIpc) is 3.25. The number of rotatable bonds is 5. The van der Waals surface area contributed by atoms with E-state index in [1.165, 1.54) is 44.2 Å². The van der Waals surface area contributed by atoms with Crippen LogP contribution in [-0.2, 0) is 6.42 Å². The van der Waals surface area contributed by atoms with Gasteiger partial charge in [0.25, 0.3) is 0 Å². The summed E-state index contributed by atoms with van der Waals surface area (Å²) >= 11 is 6.03. The summed E-state index contributed by atoms with van der Waals surface area (Å²) in [7, 11) is 1.85. The lowest BCUT2D eigenvalue weighted by Gasteiger charge is -2.24. The van der Waals surface area contributed by atoms with Gasteiger partial charge in [0.15, 0.2) is 5.96 Å². The second kappa shape index (κ2) is 10.6.